The number of carboxylic acids is 1. The molecule has 3 atom stereocenters. The summed E-state index contributed by atoms with van der Waals surface area (Å²) in [7, 11) is 1.48. The third kappa shape index (κ3) is 8.22. The van der Waals surface area contributed by atoms with Gasteiger partial charge in [0.05, 0.1) is 7.11 Å². The number of carbonyl (C=O) groups excluding carboxylic acids is 4. The first-order chi connectivity index (χ1) is 15.9. The average Bonchev–Trinajstić information content (AvgIpc) is 2.78. The van der Waals surface area contributed by atoms with E-state index >= 15 is 0 Å². The molecule has 0 fully saturated rings. The van der Waals surface area contributed by atoms with Crippen LogP contribution in [-0.4, -0.2) is 65.5 Å². The number of nitrogens with zero attached hydrogens (tertiary/aromatic N) is 1. The van der Waals surface area contributed by atoms with Gasteiger partial charge in [-0.15, -0.1) is 0 Å². The van der Waals surface area contributed by atoms with Crippen LogP contribution >= 0.6 is 11.6 Å². The minimum atomic E-state index is -1.25. The molecule has 188 valence electrons. The van der Waals surface area contributed by atoms with Crippen molar-refractivity contribution in [2.45, 2.75) is 52.1 Å². The van der Waals surface area contributed by atoms with Crippen molar-refractivity contribution in [1.82, 2.24) is 15.5 Å². The lowest BCUT2D eigenvalue weighted by Gasteiger charge is -2.27. The summed E-state index contributed by atoms with van der Waals surface area (Å²) in [6, 6.07) is 1.64. The van der Waals surface area contributed by atoms with Crippen molar-refractivity contribution < 1.29 is 33.8 Å². The zero-order chi connectivity index (χ0) is 26.0. The molecule has 0 aliphatic heterocycles. The largest absolute Gasteiger partial charge is 0.496 e. The Bertz CT molecular complexity index is 925. The third-order valence-corrected chi connectivity index (χ3v) is 5.36. The van der Waals surface area contributed by atoms with Gasteiger partial charge in [-0.2, -0.15) is 0 Å². The highest BCUT2D eigenvalue weighted by Crippen LogP contribution is 2.27. The van der Waals surface area contributed by atoms with E-state index in [1.807, 2.05) is 0 Å². The quantitative estimate of drug-likeness (QED) is 0.336. The van der Waals surface area contributed by atoms with Crippen LogP contribution in [0, 0.1) is 5.92 Å². The molecule has 1 rings (SSSR count). The lowest BCUT2D eigenvalue weighted by molar-refractivity contribution is -0.141. The normalized spacial score (nSPS) is 13.2. The zero-order valence-electron chi connectivity index (χ0n) is 19.6. The number of halogens is 1. The van der Waals surface area contributed by atoms with Crippen molar-refractivity contribution in [3.63, 3.8) is 0 Å². The van der Waals surface area contributed by atoms with E-state index in [2.05, 4.69) is 10.6 Å². The number of imide groups is 1. The molecule has 1 aromatic carbocycles. The van der Waals surface area contributed by atoms with Gasteiger partial charge in [-0.3, -0.25) is 24.1 Å². The molecule has 0 radical (unpaired) electrons. The van der Waals surface area contributed by atoms with Gasteiger partial charge in [-0.05, 0) is 49.9 Å². The number of amides is 5. The monoisotopic (exact) mass is 498 g/mol. The first kappa shape index (κ1) is 28.7. The van der Waals surface area contributed by atoms with E-state index in [9.17, 15) is 24.0 Å². The fraction of sp³-hybridized carbons (Fsp3) is 0.500. The molecule has 0 heterocycles. The van der Waals surface area contributed by atoms with E-state index < -0.39 is 54.3 Å². The molecule has 0 saturated carbocycles. The highest BCUT2D eigenvalue weighted by atomic mass is 35.5. The molecular weight excluding hydrogens is 468 g/mol. The Balaban J connectivity index is 3.11. The summed E-state index contributed by atoms with van der Waals surface area (Å²) >= 11 is 6.07. The standard InChI is InChI=1S/C22H31ClN4O7/c1-5-13(9-14-10-15(23)7-8-17(14)34-4)20(30)27(11-18(24)28)22(33)26-16(6-2)19(29)25-12(3)21(31)32/h7-8,10,12-13,16H,5-6,9,11H2,1-4H3,(H2,24,28)(H,25,29)(H,26,33)(H,31,32)/t12-,13?,16?/m1/s1. The number of carboxylic acid groups (broad SMARTS) is 1. The van der Waals surface area contributed by atoms with Crippen molar-refractivity contribution in [3.05, 3.63) is 28.8 Å². The number of primary amides is 1. The number of benzene rings is 1. The summed E-state index contributed by atoms with van der Waals surface area (Å²) in [5.74, 6) is -3.80. The van der Waals surface area contributed by atoms with E-state index in [1.54, 1.807) is 32.0 Å². The van der Waals surface area contributed by atoms with Gasteiger partial charge in [-0.25, -0.2) is 4.79 Å². The number of hydrogen-bond donors (Lipinski definition) is 4. The maximum absolute atomic E-state index is 13.3. The Morgan fingerprint density at radius 1 is 1.15 bits per heavy atom. The van der Waals surface area contributed by atoms with Crippen molar-refractivity contribution in [2.75, 3.05) is 13.7 Å². The van der Waals surface area contributed by atoms with E-state index in [0.717, 1.165) is 0 Å². The molecule has 11 nitrogen and oxygen atoms in total. The van der Waals surface area contributed by atoms with Crippen LogP contribution in [0.15, 0.2) is 18.2 Å². The average molecular weight is 499 g/mol. The van der Waals surface area contributed by atoms with E-state index in [0.29, 0.717) is 27.7 Å². The Hall–Kier alpha value is -3.34. The predicted octanol–water partition coefficient (Wildman–Crippen LogP) is 1.31. The van der Waals surface area contributed by atoms with Gasteiger partial charge in [0.2, 0.25) is 17.7 Å². The highest BCUT2D eigenvalue weighted by molar-refractivity contribution is 6.30. The van der Waals surface area contributed by atoms with Gasteiger partial charge in [0.25, 0.3) is 0 Å². The third-order valence-electron chi connectivity index (χ3n) is 5.13. The predicted molar refractivity (Wildman–Crippen MR) is 124 cm³/mol. The molecule has 12 heteroatoms. The van der Waals surface area contributed by atoms with Crippen LogP contribution in [0.2, 0.25) is 5.02 Å². The first-order valence-electron chi connectivity index (χ1n) is 10.7. The van der Waals surface area contributed by atoms with Crippen LogP contribution in [0.5, 0.6) is 5.75 Å². The molecule has 5 amide bonds. The number of nitrogens with two attached hydrogens (primary N) is 1. The second-order valence-electron chi connectivity index (χ2n) is 7.63. The lowest BCUT2D eigenvalue weighted by atomic mass is 9.94. The zero-order valence-corrected chi connectivity index (χ0v) is 20.3. The van der Waals surface area contributed by atoms with Gasteiger partial charge in [0, 0.05) is 10.9 Å². The SMILES string of the molecule is CCC(Cc1cc(Cl)ccc1OC)C(=O)N(CC(N)=O)C(=O)NC(CC)C(=O)N[C@H](C)C(=O)O. The fourth-order valence-electron chi connectivity index (χ4n) is 3.16. The van der Waals surface area contributed by atoms with Gasteiger partial charge in [0.1, 0.15) is 24.4 Å². The number of carbonyl (C=O) groups is 5. The Morgan fingerprint density at radius 2 is 1.79 bits per heavy atom. The summed E-state index contributed by atoms with van der Waals surface area (Å²) in [6.45, 7) is 3.91. The van der Waals surface area contributed by atoms with Crippen LogP contribution < -0.4 is 21.1 Å². The van der Waals surface area contributed by atoms with E-state index in [4.69, 9.17) is 27.2 Å². The highest BCUT2D eigenvalue weighted by Gasteiger charge is 2.32. The fourth-order valence-corrected chi connectivity index (χ4v) is 3.35. The molecule has 0 aliphatic rings. The summed E-state index contributed by atoms with van der Waals surface area (Å²) in [5.41, 5.74) is 5.90. The van der Waals surface area contributed by atoms with Crippen LogP contribution in [-0.2, 0) is 25.6 Å². The van der Waals surface area contributed by atoms with Crippen LogP contribution in [0.4, 0.5) is 4.79 Å². The number of ether oxygens (including phenoxy) is 1. The molecule has 0 aromatic heterocycles. The van der Waals surface area contributed by atoms with Crippen molar-refractivity contribution >= 4 is 41.3 Å². The molecule has 0 aliphatic carbocycles. The molecule has 0 saturated heterocycles. The minimum Gasteiger partial charge on any atom is -0.496 e. The maximum atomic E-state index is 13.3. The van der Waals surface area contributed by atoms with Crippen LogP contribution in [0.3, 0.4) is 0 Å². The molecule has 34 heavy (non-hydrogen) atoms. The Morgan fingerprint density at radius 3 is 2.29 bits per heavy atom. The molecular formula is C22H31ClN4O7. The smallest absolute Gasteiger partial charge is 0.325 e. The van der Waals surface area contributed by atoms with Gasteiger partial charge >= 0.3 is 12.0 Å². The van der Waals surface area contributed by atoms with Crippen molar-refractivity contribution in [1.29, 1.82) is 0 Å². The van der Waals surface area contributed by atoms with E-state index in [1.165, 1.54) is 14.0 Å². The lowest BCUT2D eigenvalue weighted by Crippen LogP contribution is -2.56. The topological polar surface area (TPSA) is 168 Å². The molecule has 2 unspecified atom stereocenters. The summed E-state index contributed by atoms with van der Waals surface area (Å²) in [6.07, 6.45) is 0.611. The molecule has 0 bridgehead atoms. The van der Waals surface area contributed by atoms with Gasteiger partial charge in [0.15, 0.2) is 0 Å². The second-order valence-corrected chi connectivity index (χ2v) is 8.07. The van der Waals surface area contributed by atoms with Gasteiger partial charge < -0.3 is 26.2 Å². The number of rotatable bonds is 12. The molecule has 5 N–H and O–H groups in total. The van der Waals surface area contributed by atoms with Gasteiger partial charge in [-0.1, -0.05) is 25.4 Å². The Kier molecular flexibility index (Phi) is 11.3. The maximum Gasteiger partial charge on any atom is 0.325 e. The van der Waals surface area contributed by atoms with Crippen LogP contribution in [0.1, 0.15) is 39.2 Å². The number of nitrogens with one attached hydrogen (secondary N) is 2. The van der Waals surface area contributed by atoms with E-state index in [-0.39, 0.29) is 12.8 Å². The Labute approximate surface area is 202 Å². The second kappa shape index (κ2) is 13.4. The molecule has 0 spiro atoms. The number of aliphatic carboxylic acids is 1. The van der Waals surface area contributed by atoms with Crippen LogP contribution in [0.25, 0.3) is 0 Å². The minimum absolute atomic E-state index is 0.111. The summed E-state index contributed by atoms with van der Waals surface area (Å²) in [5, 5.41) is 14.0. The molecule has 1 aromatic rings. The number of methoxy groups -OCH3 is 1. The number of hydrogen-bond acceptors (Lipinski definition) is 6. The summed E-state index contributed by atoms with van der Waals surface area (Å²) < 4.78 is 5.32. The van der Waals surface area contributed by atoms with Crippen molar-refractivity contribution in [3.8, 4) is 5.75 Å². The van der Waals surface area contributed by atoms with Crippen molar-refractivity contribution in [2.24, 2.45) is 11.7 Å². The first-order valence-corrected chi connectivity index (χ1v) is 11.1. The number of urea groups is 1. The summed E-state index contributed by atoms with van der Waals surface area (Å²) in [4.78, 5) is 61.8.